The van der Waals surface area contributed by atoms with E-state index in [4.69, 9.17) is 5.11 Å². The molecular weight excluding hydrogens is 428 g/mol. The van der Waals surface area contributed by atoms with E-state index >= 15 is 0 Å². The molecule has 8 heteroatoms. The van der Waals surface area contributed by atoms with Gasteiger partial charge in [-0.2, -0.15) is 0 Å². The number of aromatic nitrogens is 2. The molecule has 0 aliphatic carbocycles. The van der Waals surface area contributed by atoms with Crippen molar-refractivity contribution < 1.29 is 18.7 Å². The summed E-state index contributed by atoms with van der Waals surface area (Å²) in [7, 11) is 0. The van der Waals surface area contributed by atoms with Crippen LogP contribution in [0.25, 0.3) is 28.7 Å². The van der Waals surface area contributed by atoms with E-state index in [1.807, 2.05) is 0 Å². The molecule has 0 radical (unpaired) electrons. The minimum atomic E-state index is -0.984. The number of nitrogens with zero attached hydrogens (tertiary/aromatic N) is 2. The molecule has 1 aromatic heterocycles. The first kappa shape index (κ1) is 22.0. The molecule has 0 bridgehead atoms. The van der Waals surface area contributed by atoms with Gasteiger partial charge in [-0.25, -0.2) is 13.8 Å². The van der Waals surface area contributed by atoms with E-state index in [0.29, 0.717) is 27.7 Å². The Hall–Kier alpha value is -4.17. The van der Waals surface area contributed by atoms with Crippen molar-refractivity contribution in [1.29, 1.82) is 0 Å². The summed E-state index contributed by atoms with van der Waals surface area (Å²) in [5.74, 6) is -2.09. The normalized spacial score (nSPS) is 11.2. The van der Waals surface area contributed by atoms with Crippen LogP contribution in [0.3, 0.4) is 0 Å². The first-order chi connectivity index (χ1) is 16.0. The summed E-state index contributed by atoms with van der Waals surface area (Å²) in [6.45, 7) is -0.0961. The van der Waals surface area contributed by atoms with Gasteiger partial charge in [-0.1, -0.05) is 30.3 Å². The number of carbonyl (C=O) groups is 1. The number of hydrogen-bond donors (Lipinski definition) is 2. The lowest BCUT2D eigenvalue weighted by molar-refractivity contribution is 0.0944. The number of hydrogen-bond acceptors (Lipinski definition) is 4. The zero-order valence-electron chi connectivity index (χ0n) is 17.3. The average molecular weight is 447 g/mol. The van der Waals surface area contributed by atoms with Crippen LogP contribution >= 0.6 is 0 Å². The Morgan fingerprint density at radius 3 is 2.61 bits per heavy atom. The highest BCUT2D eigenvalue weighted by Gasteiger charge is 2.13. The van der Waals surface area contributed by atoms with Gasteiger partial charge in [0.25, 0.3) is 11.5 Å². The van der Waals surface area contributed by atoms with E-state index in [9.17, 15) is 18.4 Å². The van der Waals surface area contributed by atoms with Crippen LogP contribution in [0.4, 0.5) is 8.78 Å². The van der Waals surface area contributed by atoms with E-state index in [2.05, 4.69) is 10.3 Å². The van der Waals surface area contributed by atoms with Crippen LogP contribution in [0.2, 0.25) is 0 Å². The SMILES string of the molecule is O=C(NCCO)c1cccc(-n2c(/C=C/c3ccc(F)c(F)c3)nc3ccccc3c2=O)c1. The first-order valence-electron chi connectivity index (χ1n) is 10.1. The molecule has 2 N–H and O–H groups in total. The zero-order chi connectivity index (χ0) is 23.4. The largest absolute Gasteiger partial charge is 0.395 e. The third kappa shape index (κ3) is 4.70. The zero-order valence-corrected chi connectivity index (χ0v) is 17.3. The van der Waals surface area contributed by atoms with Crippen molar-refractivity contribution in [3.8, 4) is 5.69 Å². The Morgan fingerprint density at radius 1 is 1.00 bits per heavy atom. The van der Waals surface area contributed by atoms with Crippen LogP contribution in [0, 0.1) is 11.6 Å². The van der Waals surface area contributed by atoms with E-state index in [0.717, 1.165) is 12.1 Å². The molecule has 0 aliphatic heterocycles. The lowest BCUT2D eigenvalue weighted by atomic mass is 10.1. The molecule has 0 spiro atoms. The van der Waals surface area contributed by atoms with E-state index in [-0.39, 0.29) is 24.5 Å². The van der Waals surface area contributed by atoms with Gasteiger partial charge in [0.2, 0.25) is 0 Å². The van der Waals surface area contributed by atoms with Gasteiger partial charge >= 0.3 is 0 Å². The van der Waals surface area contributed by atoms with Gasteiger partial charge in [-0.05, 0) is 54.1 Å². The average Bonchev–Trinajstić information content (AvgIpc) is 2.83. The van der Waals surface area contributed by atoms with Gasteiger partial charge in [-0.15, -0.1) is 0 Å². The summed E-state index contributed by atoms with van der Waals surface area (Å²) in [5, 5.41) is 11.9. The second-order valence-electron chi connectivity index (χ2n) is 7.16. The van der Waals surface area contributed by atoms with Crippen molar-refractivity contribution in [2.75, 3.05) is 13.2 Å². The molecule has 0 saturated heterocycles. The second-order valence-corrected chi connectivity index (χ2v) is 7.16. The van der Waals surface area contributed by atoms with Gasteiger partial charge in [-0.3, -0.25) is 14.2 Å². The van der Waals surface area contributed by atoms with Crippen LogP contribution in [0.15, 0.2) is 71.5 Å². The highest BCUT2D eigenvalue weighted by atomic mass is 19.2. The molecular formula is C25H19F2N3O3. The summed E-state index contributed by atoms with van der Waals surface area (Å²) in [6.07, 6.45) is 3.05. The topological polar surface area (TPSA) is 84.2 Å². The second kappa shape index (κ2) is 9.54. The van der Waals surface area contributed by atoms with Crippen LogP contribution < -0.4 is 10.9 Å². The quantitative estimate of drug-likeness (QED) is 0.474. The van der Waals surface area contributed by atoms with Crippen LogP contribution in [0.5, 0.6) is 0 Å². The molecule has 1 amide bonds. The monoisotopic (exact) mass is 447 g/mol. The molecule has 3 aromatic carbocycles. The number of halogens is 2. The number of nitrogens with one attached hydrogen (secondary N) is 1. The van der Waals surface area contributed by atoms with Gasteiger partial charge in [0.05, 0.1) is 23.2 Å². The fourth-order valence-corrected chi connectivity index (χ4v) is 3.36. The lowest BCUT2D eigenvalue weighted by Crippen LogP contribution is -2.27. The lowest BCUT2D eigenvalue weighted by Gasteiger charge is -2.13. The minimum absolute atomic E-state index is 0.1000. The van der Waals surface area contributed by atoms with Gasteiger partial charge in [0, 0.05) is 12.1 Å². The fraction of sp³-hybridized carbons (Fsp3) is 0.0800. The number of carbonyl (C=O) groups excluding carboxylic acids is 1. The molecule has 166 valence electrons. The number of fused-ring (bicyclic) bond motifs is 1. The standard InChI is InChI=1S/C25H19F2N3O3/c26-20-10-8-16(14-21(20)27)9-11-23-29-22-7-2-1-6-19(22)25(33)30(23)18-5-3-4-17(15-18)24(32)28-12-13-31/h1-11,14-15,31H,12-13H2,(H,28,32)/b11-9+. The maximum absolute atomic E-state index is 13.6. The van der Waals surface area contributed by atoms with Crippen molar-refractivity contribution in [2.24, 2.45) is 0 Å². The molecule has 4 rings (SSSR count). The Kier molecular flexibility index (Phi) is 6.37. The maximum Gasteiger partial charge on any atom is 0.266 e. The molecule has 33 heavy (non-hydrogen) atoms. The predicted octanol–water partition coefficient (Wildman–Crippen LogP) is 3.56. The highest BCUT2D eigenvalue weighted by Crippen LogP contribution is 2.17. The van der Waals surface area contributed by atoms with E-state index in [1.165, 1.54) is 22.8 Å². The van der Waals surface area contributed by atoms with Crippen molar-refractivity contribution in [2.45, 2.75) is 0 Å². The van der Waals surface area contributed by atoms with Crippen molar-refractivity contribution >= 4 is 29.0 Å². The highest BCUT2D eigenvalue weighted by molar-refractivity contribution is 5.94. The molecule has 0 fully saturated rings. The summed E-state index contributed by atoms with van der Waals surface area (Å²) in [5.41, 5.74) is 1.22. The Labute approximate surface area is 187 Å². The van der Waals surface area contributed by atoms with Crippen molar-refractivity contribution in [3.63, 3.8) is 0 Å². The summed E-state index contributed by atoms with van der Waals surface area (Å²) in [6, 6.07) is 16.7. The molecule has 0 unspecified atom stereocenters. The number of amides is 1. The predicted molar refractivity (Wildman–Crippen MR) is 122 cm³/mol. The molecule has 0 aliphatic rings. The summed E-state index contributed by atoms with van der Waals surface area (Å²) in [4.78, 5) is 30.3. The summed E-state index contributed by atoms with van der Waals surface area (Å²) < 4.78 is 28.2. The number of benzene rings is 3. The fourth-order valence-electron chi connectivity index (χ4n) is 3.36. The van der Waals surface area contributed by atoms with Gasteiger partial charge in [0.15, 0.2) is 11.6 Å². The van der Waals surface area contributed by atoms with Crippen molar-refractivity contribution in [3.05, 3.63) is 106 Å². The van der Waals surface area contributed by atoms with Gasteiger partial charge < -0.3 is 10.4 Å². The third-order valence-electron chi connectivity index (χ3n) is 4.93. The van der Waals surface area contributed by atoms with Crippen LogP contribution in [-0.2, 0) is 0 Å². The minimum Gasteiger partial charge on any atom is -0.395 e. The van der Waals surface area contributed by atoms with E-state index < -0.39 is 17.5 Å². The molecule has 0 atom stereocenters. The number of para-hydroxylation sites is 1. The Balaban J connectivity index is 1.86. The van der Waals surface area contributed by atoms with Crippen molar-refractivity contribution in [1.82, 2.24) is 14.9 Å². The van der Waals surface area contributed by atoms with Crippen LogP contribution in [-0.4, -0.2) is 33.7 Å². The summed E-state index contributed by atoms with van der Waals surface area (Å²) >= 11 is 0. The first-order valence-corrected chi connectivity index (χ1v) is 10.1. The van der Waals surface area contributed by atoms with E-state index in [1.54, 1.807) is 48.5 Å². The number of aliphatic hydroxyl groups is 1. The molecule has 4 aromatic rings. The third-order valence-corrected chi connectivity index (χ3v) is 4.93. The Morgan fingerprint density at radius 2 is 1.82 bits per heavy atom. The van der Waals surface area contributed by atoms with Crippen LogP contribution in [0.1, 0.15) is 21.7 Å². The maximum atomic E-state index is 13.6. The number of aliphatic hydroxyl groups excluding tert-OH is 1. The number of rotatable bonds is 6. The Bertz CT molecular complexity index is 1430. The van der Waals surface area contributed by atoms with Gasteiger partial charge in [0.1, 0.15) is 5.82 Å². The smallest absolute Gasteiger partial charge is 0.266 e. The molecule has 0 saturated carbocycles. The molecule has 6 nitrogen and oxygen atoms in total. The molecule has 1 heterocycles.